The van der Waals surface area contributed by atoms with E-state index < -0.39 is 5.92 Å². The van der Waals surface area contributed by atoms with E-state index in [1.807, 2.05) is 62.4 Å². The van der Waals surface area contributed by atoms with Crippen LogP contribution in [0.4, 0.5) is 5.69 Å². The predicted octanol–water partition coefficient (Wildman–Crippen LogP) is 3.99. The molecule has 130 valence electrons. The number of carbonyl (C=O) groups is 2. The highest BCUT2D eigenvalue weighted by molar-refractivity contribution is 9.10. The fourth-order valence-electron chi connectivity index (χ4n) is 3.17. The van der Waals surface area contributed by atoms with E-state index in [0.29, 0.717) is 13.0 Å². The molecule has 1 aliphatic heterocycles. The molecule has 1 saturated heterocycles. The van der Waals surface area contributed by atoms with E-state index in [-0.39, 0.29) is 17.9 Å². The van der Waals surface area contributed by atoms with E-state index in [4.69, 9.17) is 0 Å². The molecule has 5 heteroatoms. The number of nitrogens with zero attached hydrogens (tertiary/aromatic N) is 1. The van der Waals surface area contributed by atoms with Crippen LogP contribution in [0.2, 0.25) is 0 Å². The maximum atomic E-state index is 12.8. The minimum absolute atomic E-state index is 0.122. The largest absolute Gasteiger partial charge is 0.349 e. The van der Waals surface area contributed by atoms with Crippen LogP contribution in [-0.2, 0) is 9.59 Å². The van der Waals surface area contributed by atoms with Crippen molar-refractivity contribution >= 4 is 33.4 Å². The molecule has 0 aromatic heterocycles. The third-order valence-corrected chi connectivity index (χ3v) is 5.14. The molecule has 1 N–H and O–H groups in total. The molecule has 2 aromatic rings. The van der Waals surface area contributed by atoms with Crippen molar-refractivity contribution in [2.24, 2.45) is 5.92 Å². The smallest absolute Gasteiger partial charge is 0.239 e. The molecular weight excluding hydrogens is 380 g/mol. The molecule has 0 radical (unpaired) electrons. The molecule has 1 heterocycles. The molecule has 0 saturated carbocycles. The Hall–Kier alpha value is -2.14. The van der Waals surface area contributed by atoms with Crippen LogP contribution in [0, 0.1) is 12.8 Å². The van der Waals surface area contributed by atoms with Gasteiger partial charge in [0.1, 0.15) is 5.92 Å². The first-order valence-corrected chi connectivity index (χ1v) is 9.19. The van der Waals surface area contributed by atoms with Gasteiger partial charge in [0.2, 0.25) is 11.8 Å². The Morgan fingerprint density at radius 3 is 2.68 bits per heavy atom. The molecule has 4 nitrogen and oxygen atoms in total. The van der Waals surface area contributed by atoms with Gasteiger partial charge in [-0.15, -0.1) is 0 Å². The Bertz CT molecular complexity index is 792. The van der Waals surface area contributed by atoms with Crippen LogP contribution in [0.25, 0.3) is 0 Å². The van der Waals surface area contributed by atoms with E-state index in [1.165, 1.54) is 0 Å². The van der Waals surface area contributed by atoms with Crippen molar-refractivity contribution in [3.63, 3.8) is 0 Å². The molecule has 0 unspecified atom stereocenters. The molecule has 3 rings (SSSR count). The zero-order valence-corrected chi connectivity index (χ0v) is 15.9. The van der Waals surface area contributed by atoms with E-state index in [0.717, 1.165) is 21.3 Å². The predicted molar refractivity (Wildman–Crippen MR) is 102 cm³/mol. The van der Waals surface area contributed by atoms with E-state index >= 15 is 0 Å². The Morgan fingerprint density at radius 2 is 1.96 bits per heavy atom. The zero-order valence-electron chi connectivity index (χ0n) is 14.3. The van der Waals surface area contributed by atoms with Crippen LogP contribution in [0.15, 0.2) is 53.0 Å². The minimum atomic E-state index is -0.621. The van der Waals surface area contributed by atoms with E-state index in [9.17, 15) is 9.59 Å². The standard InChI is InChI=1S/C20H21BrN2O2/c1-13-8-9-16(21)12-18(13)23-11-10-17(20(23)25)19(24)22-14(2)15-6-4-3-5-7-15/h3-9,12,14,17H,10-11H2,1-2H3,(H,22,24)/t14-,17+/m0/s1. The first-order chi connectivity index (χ1) is 12.0. The molecule has 25 heavy (non-hydrogen) atoms. The number of hydrogen-bond donors (Lipinski definition) is 1. The number of amides is 2. The summed E-state index contributed by atoms with van der Waals surface area (Å²) >= 11 is 3.45. The van der Waals surface area contributed by atoms with E-state index in [1.54, 1.807) is 4.90 Å². The van der Waals surface area contributed by atoms with Gasteiger partial charge in [0.05, 0.1) is 6.04 Å². The summed E-state index contributed by atoms with van der Waals surface area (Å²) in [6, 6.07) is 15.5. The summed E-state index contributed by atoms with van der Waals surface area (Å²) < 4.78 is 0.923. The van der Waals surface area contributed by atoms with Crippen molar-refractivity contribution < 1.29 is 9.59 Å². The summed E-state index contributed by atoms with van der Waals surface area (Å²) in [4.78, 5) is 27.1. The maximum Gasteiger partial charge on any atom is 0.239 e. The first-order valence-electron chi connectivity index (χ1n) is 8.40. The number of nitrogens with one attached hydrogen (secondary N) is 1. The topological polar surface area (TPSA) is 49.4 Å². The molecular formula is C20H21BrN2O2. The highest BCUT2D eigenvalue weighted by atomic mass is 79.9. The number of benzene rings is 2. The summed E-state index contributed by atoms with van der Waals surface area (Å²) in [5.74, 6) is -0.944. The summed E-state index contributed by atoms with van der Waals surface area (Å²) in [6.07, 6.45) is 0.540. The second-order valence-electron chi connectivity index (χ2n) is 6.40. The lowest BCUT2D eigenvalue weighted by molar-refractivity contribution is -0.132. The van der Waals surface area contributed by atoms with Gasteiger partial charge in [0.25, 0.3) is 0 Å². The van der Waals surface area contributed by atoms with Gasteiger partial charge in [0, 0.05) is 16.7 Å². The maximum absolute atomic E-state index is 12.8. The lowest BCUT2D eigenvalue weighted by atomic mass is 10.0. The number of halogens is 1. The third kappa shape index (κ3) is 3.76. The second kappa shape index (κ2) is 7.40. The zero-order chi connectivity index (χ0) is 18.0. The lowest BCUT2D eigenvalue weighted by Crippen LogP contribution is -2.38. The van der Waals surface area contributed by atoms with Gasteiger partial charge >= 0.3 is 0 Å². The number of aryl methyl sites for hydroxylation is 1. The van der Waals surface area contributed by atoms with Crippen molar-refractivity contribution in [1.29, 1.82) is 0 Å². The lowest BCUT2D eigenvalue weighted by Gasteiger charge is -2.20. The number of hydrogen-bond acceptors (Lipinski definition) is 2. The number of anilines is 1. The minimum Gasteiger partial charge on any atom is -0.349 e. The Morgan fingerprint density at radius 1 is 1.24 bits per heavy atom. The molecule has 0 spiro atoms. The summed E-state index contributed by atoms with van der Waals surface area (Å²) in [5, 5.41) is 2.97. The van der Waals surface area contributed by atoms with Crippen LogP contribution in [-0.4, -0.2) is 18.4 Å². The fourth-order valence-corrected chi connectivity index (χ4v) is 3.52. The van der Waals surface area contributed by atoms with Gasteiger partial charge in [-0.25, -0.2) is 0 Å². The Balaban J connectivity index is 1.71. The third-order valence-electron chi connectivity index (χ3n) is 4.64. The van der Waals surface area contributed by atoms with Crippen LogP contribution < -0.4 is 10.2 Å². The molecule has 2 amide bonds. The first kappa shape index (κ1) is 17.7. The second-order valence-corrected chi connectivity index (χ2v) is 7.32. The van der Waals surface area contributed by atoms with Crippen LogP contribution in [0.5, 0.6) is 0 Å². The number of rotatable bonds is 4. The quantitative estimate of drug-likeness (QED) is 0.788. The average Bonchev–Trinajstić information content (AvgIpc) is 2.99. The molecule has 1 aliphatic rings. The van der Waals surface area contributed by atoms with Gasteiger partial charge in [-0.3, -0.25) is 9.59 Å². The summed E-state index contributed by atoms with van der Waals surface area (Å²) in [6.45, 7) is 4.47. The molecule has 0 aliphatic carbocycles. The average molecular weight is 401 g/mol. The highest BCUT2D eigenvalue weighted by Gasteiger charge is 2.38. The van der Waals surface area contributed by atoms with Crippen molar-refractivity contribution in [3.8, 4) is 0 Å². The molecule has 0 bridgehead atoms. The van der Waals surface area contributed by atoms with Crippen LogP contribution in [0.3, 0.4) is 0 Å². The fraction of sp³-hybridized carbons (Fsp3) is 0.300. The Labute approximate surface area is 156 Å². The van der Waals surface area contributed by atoms with Gasteiger partial charge in [-0.05, 0) is 43.5 Å². The van der Waals surface area contributed by atoms with Crippen LogP contribution >= 0.6 is 15.9 Å². The number of carbonyl (C=O) groups excluding carboxylic acids is 2. The van der Waals surface area contributed by atoms with Gasteiger partial charge < -0.3 is 10.2 Å². The summed E-state index contributed by atoms with van der Waals surface area (Å²) in [7, 11) is 0. The molecule has 1 fully saturated rings. The van der Waals surface area contributed by atoms with Crippen molar-refractivity contribution in [1.82, 2.24) is 5.32 Å². The highest BCUT2D eigenvalue weighted by Crippen LogP contribution is 2.30. The van der Waals surface area contributed by atoms with Crippen molar-refractivity contribution in [2.45, 2.75) is 26.3 Å². The molecule has 2 atom stereocenters. The van der Waals surface area contributed by atoms with Crippen molar-refractivity contribution in [3.05, 3.63) is 64.1 Å². The van der Waals surface area contributed by atoms with Gasteiger partial charge in [0.15, 0.2) is 0 Å². The monoisotopic (exact) mass is 400 g/mol. The normalized spacial score (nSPS) is 18.3. The van der Waals surface area contributed by atoms with E-state index in [2.05, 4.69) is 21.2 Å². The van der Waals surface area contributed by atoms with Gasteiger partial charge in [-0.1, -0.05) is 52.3 Å². The SMILES string of the molecule is Cc1ccc(Br)cc1N1CC[C@H](C(=O)N[C@@H](C)c2ccccc2)C1=O. The van der Waals surface area contributed by atoms with Crippen LogP contribution in [0.1, 0.15) is 30.5 Å². The molecule has 2 aromatic carbocycles. The summed E-state index contributed by atoms with van der Waals surface area (Å²) in [5.41, 5.74) is 2.92. The Kier molecular flexibility index (Phi) is 5.23. The van der Waals surface area contributed by atoms with Crippen molar-refractivity contribution in [2.75, 3.05) is 11.4 Å². The van der Waals surface area contributed by atoms with Gasteiger partial charge in [-0.2, -0.15) is 0 Å².